The lowest BCUT2D eigenvalue weighted by Gasteiger charge is -2.18. The SMILES string of the molecule is Cc1cc(Cl)c(C(=O)CC(C)(C)C(=O)O)cc1C. The predicted octanol–water partition coefficient (Wildman–Crippen LogP) is 3.64. The number of benzene rings is 1. The fourth-order valence-corrected chi connectivity index (χ4v) is 1.89. The summed E-state index contributed by atoms with van der Waals surface area (Å²) in [6.45, 7) is 6.87. The van der Waals surface area contributed by atoms with Crippen molar-refractivity contribution in [3.8, 4) is 0 Å². The van der Waals surface area contributed by atoms with Crippen LogP contribution in [0.15, 0.2) is 12.1 Å². The number of ketones is 1. The van der Waals surface area contributed by atoms with Gasteiger partial charge in [0, 0.05) is 12.0 Å². The molecule has 0 radical (unpaired) electrons. The van der Waals surface area contributed by atoms with Gasteiger partial charge in [0.2, 0.25) is 0 Å². The zero-order valence-electron chi connectivity index (χ0n) is 11.0. The molecule has 0 atom stereocenters. The second-order valence-electron chi connectivity index (χ2n) is 5.21. The second-order valence-corrected chi connectivity index (χ2v) is 5.61. The Hall–Kier alpha value is -1.35. The van der Waals surface area contributed by atoms with Gasteiger partial charge in [-0.25, -0.2) is 0 Å². The average molecular weight is 269 g/mol. The topological polar surface area (TPSA) is 54.4 Å². The third-order valence-corrected chi connectivity index (χ3v) is 3.38. The van der Waals surface area contributed by atoms with Gasteiger partial charge < -0.3 is 5.11 Å². The van der Waals surface area contributed by atoms with Crippen LogP contribution in [-0.4, -0.2) is 16.9 Å². The molecule has 0 aliphatic carbocycles. The first-order chi connectivity index (χ1) is 8.15. The molecule has 0 amide bonds. The monoisotopic (exact) mass is 268 g/mol. The van der Waals surface area contributed by atoms with E-state index in [1.165, 1.54) is 13.8 Å². The van der Waals surface area contributed by atoms with E-state index in [9.17, 15) is 9.59 Å². The van der Waals surface area contributed by atoms with E-state index >= 15 is 0 Å². The standard InChI is InChI=1S/C14H17ClO3/c1-8-5-10(11(15)6-9(8)2)12(16)7-14(3,4)13(17)18/h5-6H,7H2,1-4H3,(H,17,18). The lowest BCUT2D eigenvalue weighted by molar-refractivity contribution is -0.146. The molecule has 0 aliphatic rings. The van der Waals surface area contributed by atoms with Crippen LogP contribution in [0.5, 0.6) is 0 Å². The Morgan fingerprint density at radius 1 is 1.22 bits per heavy atom. The summed E-state index contributed by atoms with van der Waals surface area (Å²) < 4.78 is 0. The molecular formula is C14H17ClO3. The number of carbonyl (C=O) groups is 2. The van der Waals surface area contributed by atoms with Gasteiger partial charge in [0.1, 0.15) is 0 Å². The summed E-state index contributed by atoms with van der Waals surface area (Å²) in [4.78, 5) is 23.1. The summed E-state index contributed by atoms with van der Waals surface area (Å²) >= 11 is 6.04. The van der Waals surface area contributed by atoms with Crippen LogP contribution in [0.25, 0.3) is 0 Å². The molecule has 0 spiro atoms. The van der Waals surface area contributed by atoms with Crippen LogP contribution in [0, 0.1) is 19.3 Å². The van der Waals surface area contributed by atoms with E-state index in [2.05, 4.69) is 0 Å². The van der Waals surface area contributed by atoms with Gasteiger partial charge >= 0.3 is 5.97 Å². The number of hydrogen-bond acceptors (Lipinski definition) is 2. The molecule has 0 aromatic heterocycles. The molecular weight excluding hydrogens is 252 g/mol. The molecule has 0 unspecified atom stereocenters. The first-order valence-electron chi connectivity index (χ1n) is 5.68. The minimum absolute atomic E-state index is 0.0649. The first kappa shape index (κ1) is 14.7. The highest BCUT2D eigenvalue weighted by Gasteiger charge is 2.31. The fourth-order valence-electron chi connectivity index (χ4n) is 1.57. The van der Waals surface area contributed by atoms with E-state index in [0.717, 1.165) is 11.1 Å². The highest BCUT2D eigenvalue weighted by Crippen LogP contribution is 2.27. The van der Waals surface area contributed by atoms with E-state index in [0.29, 0.717) is 10.6 Å². The number of carboxylic acids is 1. The Morgan fingerprint density at radius 2 is 1.72 bits per heavy atom. The van der Waals surface area contributed by atoms with E-state index < -0.39 is 11.4 Å². The van der Waals surface area contributed by atoms with Crippen LogP contribution in [-0.2, 0) is 4.79 Å². The van der Waals surface area contributed by atoms with Crippen molar-refractivity contribution in [1.82, 2.24) is 0 Å². The normalized spacial score (nSPS) is 11.4. The lowest BCUT2D eigenvalue weighted by Crippen LogP contribution is -2.27. The van der Waals surface area contributed by atoms with Gasteiger partial charge in [-0.05, 0) is 51.0 Å². The van der Waals surface area contributed by atoms with Crippen molar-refractivity contribution in [3.05, 3.63) is 33.8 Å². The molecule has 1 aromatic rings. The highest BCUT2D eigenvalue weighted by molar-refractivity contribution is 6.34. The van der Waals surface area contributed by atoms with Crippen LogP contribution < -0.4 is 0 Å². The van der Waals surface area contributed by atoms with Crippen molar-refractivity contribution in [2.45, 2.75) is 34.1 Å². The molecule has 18 heavy (non-hydrogen) atoms. The Bertz CT molecular complexity index is 504. The Kier molecular flexibility index (Phi) is 4.17. The minimum Gasteiger partial charge on any atom is -0.481 e. The molecule has 0 aliphatic heterocycles. The number of aryl methyl sites for hydroxylation is 2. The third kappa shape index (κ3) is 3.10. The van der Waals surface area contributed by atoms with Crippen molar-refractivity contribution < 1.29 is 14.7 Å². The molecule has 0 saturated heterocycles. The molecule has 0 heterocycles. The maximum atomic E-state index is 12.1. The molecule has 4 heteroatoms. The van der Waals surface area contributed by atoms with Gasteiger partial charge in [-0.2, -0.15) is 0 Å². The highest BCUT2D eigenvalue weighted by atomic mass is 35.5. The zero-order chi connectivity index (χ0) is 14.1. The van der Waals surface area contributed by atoms with E-state index in [1.54, 1.807) is 12.1 Å². The summed E-state index contributed by atoms with van der Waals surface area (Å²) in [7, 11) is 0. The van der Waals surface area contributed by atoms with E-state index in [1.807, 2.05) is 13.8 Å². The number of carbonyl (C=O) groups excluding carboxylic acids is 1. The van der Waals surface area contributed by atoms with Crippen LogP contribution >= 0.6 is 11.6 Å². The van der Waals surface area contributed by atoms with Crippen molar-refractivity contribution in [2.75, 3.05) is 0 Å². The Labute approximate surface area is 112 Å². The number of rotatable bonds is 4. The van der Waals surface area contributed by atoms with Gasteiger partial charge in [0.05, 0.1) is 10.4 Å². The summed E-state index contributed by atoms with van der Waals surface area (Å²) in [6, 6.07) is 3.45. The Balaban J connectivity index is 3.06. The van der Waals surface area contributed by atoms with Crippen LogP contribution in [0.1, 0.15) is 41.8 Å². The Morgan fingerprint density at radius 3 is 2.22 bits per heavy atom. The van der Waals surface area contributed by atoms with Crippen LogP contribution in [0.2, 0.25) is 5.02 Å². The number of aliphatic carboxylic acids is 1. The smallest absolute Gasteiger partial charge is 0.309 e. The molecule has 0 bridgehead atoms. The van der Waals surface area contributed by atoms with Gasteiger partial charge in [-0.1, -0.05) is 11.6 Å². The van der Waals surface area contributed by atoms with E-state index in [-0.39, 0.29) is 12.2 Å². The molecule has 98 valence electrons. The van der Waals surface area contributed by atoms with Crippen molar-refractivity contribution in [2.24, 2.45) is 5.41 Å². The van der Waals surface area contributed by atoms with Gasteiger partial charge in [0.25, 0.3) is 0 Å². The maximum Gasteiger partial charge on any atom is 0.309 e. The number of halogens is 1. The zero-order valence-corrected chi connectivity index (χ0v) is 11.8. The van der Waals surface area contributed by atoms with Gasteiger partial charge in [0.15, 0.2) is 5.78 Å². The number of carboxylic acid groups (broad SMARTS) is 1. The lowest BCUT2D eigenvalue weighted by atomic mass is 9.85. The van der Waals surface area contributed by atoms with Crippen molar-refractivity contribution in [3.63, 3.8) is 0 Å². The third-order valence-electron chi connectivity index (χ3n) is 3.07. The molecule has 3 nitrogen and oxygen atoms in total. The molecule has 0 saturated carbocycles. The minimum atomic E-state index is -1.08. The van der Waals surface area contributed by atoms with Gasteiger partial charge in [-0.15, -0.1) is 0 Å². The largest absolute Gasteiger partial charge is 0.481 e. The van der Waals surface area contributed by atoms with Crippen LogP contribution in [0.3, 0.4) is 0 Å². The van der Waals surface area contributed by atoms with E-state index in [4.69, 9.17) is 16.7 Å². The maximum absolute atomic E-state index is 12.1. The second kappa shape index (κ2) is 5.11. The van der Waals surface area contributed by atoms with Crippen LogP contribution in [0.4, 0.5) is 0 Å². The predicted molar refractivity (Wildman–Crippen MR) is 71.3 cm³/mol. The summed E-state index contributed by atoms with van der Waals surface area (Å²) in [5.41, 5.74) is 1.29. The summed E-state index contributed by atoms with van der Waals surface area (Å²) in [6.07, 6.45) is -0.0649. The summed E-state index contributed by atoms with van der Waals surface area (Å²) in [5.74, 6) is -1.23. The molecule has 0 fully saturated rings. The number of hydrogen-bond donors (Lipinski definition) is 1. The molecule has 1 N–H and O–H groups in total. The van der Waals surface area contributed by atoms with Crippen molar-refractivity contribution in [1.29, 1.82) is 0 Å². The van der Waals surface area contributed by atoms with Crippen molar-refractivity contribution >= 4 is 23.4 Å². The molecule has 1 rings (SSSR count). The quantitative estimate of drug-likeness (QED) is 0.848. The summed E-state index contributed by atoms with van der Waals surface area (Å²) in [5, 5.41) is 9.40. The number of Topliss-reactive ketones (excluding diaryl/α,β-unsaturated/α-hetero) is 1. The average Bonchev–Trinajstić information content (AvgIpc) is 2.22. The van der Waals surface area contributed by atoms with Gasteiger partial charge in [-0.3, -0.25) is 9.59 Å². The first-order valence-corrected chi connectivity index (χ1v) is 6.06. The fraction of sp³-hybridized carbons (Fsp3) is 0.429. The molecule has 1 aromatic carbocycles.